The van der Waals surface area contributed by atoms with Crippen LogP contribution in [0.5, 0.6) is 0 Å². The number of nitrogens with one attached hydrogen (secondary N) is 1. The average molecular weight is 301 g/mol. The van der Waals surface area contributed by atoms with Crippen LogP contribution in [0, 0.1) is 0 Å². The van der Waals surface area contributed by atoms with Crippen LogP contribution in [-0.2, 0) is 13.0 Å². The van der Waals surface area contributed by atoms with Gasteiger partial charge in [-0.05, 0) is 5.56 Å². The molecule has 2 aromatic rings. The molecule has 21 heavy (non-hydrogen) atoms. The van der Waals surface area contributed by atoms with Crippen LogP contribution in [-0.4, -0.2) is 34.1 Å². The molecule has 0 fully saturated rings. The SMILES string of the molecule is OC(CNCc1nc(Cc2ccccc2)no1)C(F)(F)F. The van der Waals surface area contributed by atoms with E-state index in [1.165, 1.54) is 0 Å². The van der Waals surface area contributed by atoms with Crippen molar-refractivity contribution in [2.45, 2.75) is 25.2 Å². The quantitative estimate of drug-likeness (QED) is 0.849. The summed E-state index contributed by atoms with van der Waals surface area (Å²) in [6.07, 6.45) is -6.57. The molecule has 1 aromatic carbocycles. The summed E-state index contributed by atoms with van der Waals surface area (Å²) in [5.41, 5.74) is 1.00. The van der Waals surface area contributed by atoms with Gasteiger partial charge in [-0.2, -0.15) is 18.2 Å². The van der Waals surface area contributed by atoms with E-state index in [4.69, 9.17) is 9.63 Å². The lowest BCUT2D eigenvalue weighted by atomic mass is 10.1. The van der Waals surface area contributed by atoms with E-state index < -0.39 is 18.8 Å². The number of aliphatic hydroxyl groups is 1. The molecule has 1 atom stereocenters. The Morgan fingerprint density at radius 3 is 2.62 bits per heavy atom. The first-order valence-corrected chi connectivity index (χ1v) is 6.26. The minimum Gasteiger partial charge on any atom is -0.382 e. The van der Waals surface area contributed by atoms with Crippen LogP contribution in [0.1, 0.15) is 17.3 Å². The van der Waals surface area contributed by atoms with E-state index in [1.54, 1.807) is 0 Å². The Hall–Kier alpha value is -1.93. The Kier molecular flexibility index (Phi) is 4.92. The van der Waals surface area contributed by atoms with Crippen LogP contribution in [0.15, 0.2) is 34.9 Å². The molecule has 114 valence electrons. The first kappa shape index (κ1) is 15.5. The van der Waals surface area contributed by atoms with E-state index in [-0.39, 0.29) is 12.4 Å². The molecule has 2 N–H and O–H groups in total. The van der Waals surface area contributed by atoms with Gasteiger partial charge in [0.2, 0.25) is 5.89 Å². The fourth-order valence-electron chi connectivity index (χ4n) is 1.64. The molecule has 2 rings (SSSR count). The normalized spacial score (nSPS) is 13.3. The molecule has 1 heterocycles. The van der Waals surface area contributed by atoms with Crippen LogP contribution >= 0.6 is 0 Å². The van der Waals surface area contributed by atoms with Crippen molar-refractivity contribution < 1.29 is 22.8 Å². The van der Waals surface area contributed by atoms with Crippen molar-refractivity contribution in [2.75, 3.05) is 6.54 Å². The highest BCUT2D eigenvalue weighted by Crippen LogP contribution is 2.19. The summed E-state index contributed by atoms with van der Waals surface area (Å²) >= 11 is 0. The van der Waals surface area contributed by atoms with Crippen molar-refractivity contribution in [1.82, 2.24) is 15.5 Å². The Balaban J connectivity index is 1.81. The molecule has 0 aliphatic carbocycles. The van der Waals surface area contributed by atoms with Gasteiger partial charge in [0.1, 0.15) is 0 Å². The highest BCUT2D eigenvalue weighted by Gasteiger charge is 2.37. The second-order valence-electron chi connectivity index (χ2n) is 4.46. The zero-order valence-corrected chi connectivity index (χ0v) is 11.0. The van der Waals surface area contributed by atoms with Gasteiger partial charge in [0.05, 0.1) is 6.54 Å². The van der Waals surface area contributed by atoms with Crippen LogP contribution < -0.4 is 5.32 Å². The molecule has 0 radical (unpaired) electrons. The Labute approximate surface area is 118 Å². The Bertz CT molecular complexity index is 557. The van der Waals surface area contributed by atoms with Gasteiger partial charge in [-0.3, -0.25) is 0 Å². The Morgan fingerprint density at radius 2 is 1.95 bits per heavy atom. The lowest BCUT2D eigenvalue weighted by Gasteiger charge is -2.13. The van der Waals surface area contributed by atoms with Crippen molar-refractivity contribution >= 4 is 0 Å². The molecule has 8 heteroatoms. The van der Waals surface area contributed by atoms with Gasteiger partial charge in [0.15, 0.2) is 11.9 Å². The lowest BCUT2D eigenvalue weighted by molar-refractivity contribution is -0.201. The molecule has 0 spiro atoms. The van der Waals surface area contributed by atoms with Gasteiger partial charge in [0, 0.05) is 13.0 Å². The number of hydrogen-bond acceptors (Lipinski definition) is 5. The maximum Gasteiger partial charge on any atom is 0.415 e. The van der Waals surface area contributed by atoms with E-state index in [0.717, 1.165) is 5.56 Å². The molecule has 5 nitrogen and oxygen atoms in total. The van der Waals surface area contributed by atoms with Gasteiger partial charge in [-0.1, -0.05) is 35.5 Å². The summed E-state index contributed by atoms with van der Waals surface area (Å²) in [6, 6.07) is 9.48. The van der Waals surface area contributed by atoms with Gasteiger partial charge in [0.25, 0.3) is 0 Å². The first-order valence-electron chi connectivity index (χ1n) is 6.26. The van der Waals surface area contributed by atoms with Crippen LogP contribution in [0.25, 0.3) is 0 Å². The zero-order valence-electron chi connectivity index (χ0n) is 11.0. The number of aliphatic hydroxyl groups excluding tert-OH is 1. The number of benzene rings is 1. The third kappa shape index (κ3) is 4.83. The van der Waals surface area contributed by atoms with E-state index in [2.05, 4.69) is 15.5 Å². The molecule has 0 saturated heterocycles. The number of nitrogens with zero attached hydrogens (tertiary/aromatic N) is 2. The van der Waals surface area contributed by atoms with E-state index in [1.807, 2.05) is 30.3 Å². The molecule has 0 amide bonds. The standard InChI is InChI=1S/C13H14F3N3O2/c14-13(15,16)10(20)7-17-8-12-18-11(19-21-12)6-9-4-2-1-3-5-9/h1-5,10,17,20H,6-8H2. The van der Waals surface area contributed by atoms with Crippen LogP contribution in [0.3, 0.4) is 0 Å². The highest BCUT2D eigenvalue weighted by molar-refractivity contribution is 5.18. The number of hydrogen-bond donors (Lipinski definition) is 2. The fraction of sp³-hybridized carbons (Fsp3) is 0.385. The van der Waals surface area contributed by atoms with Crippen molar-refractivity contribution in [3.8, 4) is 0 Å². The first-order chi connectivity index (χ1) is 9.95. The smallest absolute Gasteiger partial charge is 0.382 e. The zero-order chi connectivity index (χ0) is 15.3. The van der Waals surface area contributed by atoms with Crippen molar-refractivity contribution in [3.63, 3.8) is 0 Å². The topological polar surface area (TPSA) is 71.2 Å². The monoisotopic (exact) mass is 301 g/mol. The van der Waals surface area contributed by atoms with Gasteiger partial charge in [-0.15, -0.1) is 0 Å². The van der Waals surface area contributed by atoms with Crippen molar-refractivity contribution in [3.05, 3.63) is 47.6 Å². The fourth-order valence-corrected chi connectivity index (χ4v) is 1.64. The predicted octanol–water partition coefficient (Wildman–Crippen LogP) is 1.67. The molecular weight excluding hydrogens is 287 g/mol. The predicted molar refractivity (Wildman–Crippen MR) is 67.3 cm³/mol. The summed E-state index contributed by atoms with van der Waals surface area (Å²) in [4.78, 5) is 4.06. The third-order valence-electron chi connectivity index (χ3n) is 2.71. The van der Waals surface area contributed by atoms with Crippen LogP contribution in [0.2, 0.25) is 0 Å². The van der Waals surface area contributed by atoms with Gasteiger partial charge < -0.3 is 14.9 Å². The maximum absolute atomic E-state index is 12.1. The molecular formula is C13H14F3N3O2. The summed E-state index contributed by atoms with van der Waals surface area (Å²) < 4.78 is 41.2. The summed E-state index contributed by atoms with van der Waals surface area (Å²) in [6.45, 7) is -0.658. The van der Waals surface area contributed by atoms with E-state index in [0.29, 0.717) is 12.2 Å². The molecule has 0 saturated carbocycles. The minimum absolute atomic E-state index is 0.0328. The third-order valence-corrected chi connectivity index (χ3v) is 2.71. The highest BCUT2D eigenvalue weighted by atomic mass is 19.4. The molecule has 0 aliphatic rings. The Morgan fingerprint density at radius 1 is 1.24 bits per heavy atom. The van der Waals surface area contributed by atoms with Crippen LogP contribution in [0.4, 0.5) is 13.2 Å². The van der Waals surface area contributed by atoms with Crippen molar-refractivity contribution in [2.24, 2.45) is 0 Å². The molecule has 1 aromatic heterocycles. The lowest BCUT2D eigenvalue weighted by Crippen LogP contribution is -2.38. The largest absolute Gasteiger partial charge is 0.415 e. The second-order valence-corrected chi connectivity index (χ2v) is 4.46. The number of aromatic nitrogens is 2. The molecule has 0 bridgehead atoms. The summed E-state index contributed by atoms with van der Waals surface area (Å²) in [5, 5.41) is 15.0. The molecule has 1 unspecified atom stereocenters. The number of halogens is 3. The van der Waals surface area contributed by atoms with Gasteiger partial charge >= 0.3 is 6.18 Å². The molecule has 0 aliphatic heterocycles. The van der Waals surface area contributed by atoms with Crippen molar-refractivity contribution in [1.29, 1.82) is 0 Å². The average Bonchev–Trinajstić information content (AvgIpc) is 2.86. The number of rotatable bonds is 6. The number of alkyl halides is 3. The minimum atomic E-state index is -4.64. The maximum atomic E-state index is 12.1. The van der Waals surface area contributed by atoms with Gasteiger partial charge in [-0.25, -0.2) is 0 Å². The van der Waals surface area contributed by atoms with E-state index in [9.17, 15) is 13.2 Å². The summed E-state index contributed by atoms with van der Waals surface area (Å²) in [5.74, 6) is 0.629. The van der Waals surface area contributed by atoms with E-state index >= 15 is 0 Å². The second kappa shape index (κ2) is 6.68. The summed E-state index contributed by atoms with van der Waals surface area (Å²) in [7, 11) is 0.